The van der Waals surface area contributed by atoms with E-state index in [2.05, 4.69) is 43.4 Å². The zero-order chi connectivity index (χ0) is 11.0. The van der Waals surface area contributed by atoms with Crippen LogP contribution in [-0.4, -0.2) is 9.08 Å². The minimum atomic E-state index is 0.0556. The lowest BCUT2D eigenvalue weighted by molar-refractivity contribution is 0.443. The first-order chi connectivity index (χ1) is 6.66. The Labute approximate surface area is 104 Å². The fraction of sp³-hybridized carbons (Fsp3) is 1.00. The highest BCUT2D eigenvalue weighted by molar-refractivity contribution is 14.1. The van der Waals surface area contributed by atoms with Gasteiger partial charge in [0, 0.05) is 3.92 Å². The number of alkyl halides is 1. The lowest BCUT2D eigenvalue weighted by atomic mass is 9.91. The topological polar surface area (TPSA) is 17.1 Å². The predicted octanol–water partition coefficient (Wildman–Crippen LogP) is 5.22. The summed E-state index contributed by atoms with van der Waals surface area (Å²) in [5.41, 5.74) is 0. The quantitative estimate of drug-likeness (QED) is 0.339. The van der Waals surface area contributed by atoms with Gasteiger partial charge >= 0.3 is 0 Å². The van der Waals surface area contributed by atoms with Gasteiger partial charge in [-0.1, -0.05) is 62.6 Å². The summed E-state index contributed by atoms with van der Waals surface area (Å²) in [6.07, 6.45) is 6.85. The summed E-state index contributed by atoms with van der Waals surface area (Å²) in [5.74, 6) is 0. The smallest absolute Gasteiger partial charge is 0.163 e. The maximum absolute atomic E-state index is 11.4. The summed E-state index contributed by atoms with van der Waals surface area (Å²) < 4.78 is 12.0. The highest BCUT2D eigenvalue weighted by Gasteiger charge is 2.36. The first kappa shape index (κ1) is 14.8. The fourth-order valence-electron chi connectivity index (χ4n) is 1.97. The molecule has 0 N–H and O–H groups in total. The predicted molar refractivity (Wildman–Crippen MR) is 72.9 cm³/mol. The number of hydrogen-bond donors (Lipinski definition) is 0. The maximum Gasteiger partial charge on any atom is 0.163 e. The Hall–Kier alpha value is 0.830. The molecule has 84 valence electrons. The van der Waals surface area contributed by atoms with Crippen LogP contribution in [0.2, 0.25) is 0 Å². The van der Waals surface area contributed by atoms with Gasteiger partial charge in [0.15, 0.2) is 8.46 Å². The van der Waals surface area contributed by atoms with Gasteiger partial charge in [0.1, 0.15) is 0 Å². The van der Waals surface area contributed by atoms with E-state index >= 15 is 0 Å². The van der Waals surface area contributed by atoms with Crippen molar-refractivity contribution >= 4 is 31.1 Å². The third-order valence-electron chi connectivity index (χ3n) is 2.67. The van der Waals surface area contributed by atoms with Crippen LogP contribution in [0.5, 0.6) is 0 Å². The van der Waals surface area contributed by atoms with Crippen molar-refractivity contribution in [1.82, 2.24) is 0 Å². The molecular weight excluding hydrogens is 306 g/mol. The first-order valence-corrected chi connectivity index (χ1v) is 7.71. The van der Waals surface area contributed by atoms with Crippen LogP contribution in [0.3, 0.4) is 0 Å². The van der Waals surface area contributed by atoms with E-state index in [1.165, 1.54) is 12.8 Å². The zero-order valence-electron chi connectivity index (χ0n) is 9.55. The number of halogens is 1. The Bertz CT molecular complexity index is 155. The van der Waals surface area contributed by atoms with Crippen LogP contribution in [0, 0.1) is 0 Å². The lowest BCUT2D eigenvalue weighted by Gasteiger charge is -2.31. The van der Waals surface area contributed by atoms with Crippen molar-refractivity contribution in [3.63, 3.8) is 0 Å². The molecule has 14 heavy (non-hydrogen) atoms. The molecule has 0 saturated heterocycles. The Morgan fingerprint density at radius 2 is 1.64 bits per heavy atom. The van der Waals surface area contributed by atoms with Crippen molar-refractivity contribution in [2.45, 2.75) is 68.4 Å². The Kier molecular flexibility index (Phi) is 8.51. The highest BCUT2D eigenvalue weighted by Crippen LogP contribution is 2.42. The maximum atomic E-state index is 11.4. The second kappa shape index (κ2) is 8.04. The van der Waals surface area contributed by atoms with Gasteiger partial charge in [-0.15, -0.1) is 0 Å². The minimum Gasteiger partial charge on any atom is -0.274 e. The average molecular weight is 328 g/mol. The molecule has 0 fully saturated rings. The van der Waals surface area contributed by atoms with E-state index in [0.717, 1.165) is 25.7 Å². The van der Waals surface area contributed by atoms with Crippen LogP contribution in [0.4, 0.5) is 0 Å². The number of rotatable bonds is 8. The van der Waals surface area contributed by atoms with Gasteiger partial charge in [0.05, 0.1) is 5.16 Å². The van der Waals surface area contributed by atoms with Gasteiger partial charge in [-0.3, -0.25) is 4.57 Å². The summed E-state index contributed by atoms with van der Waals surface area (Å²) in [5, 5.41) is 0.0556. The van der Waals surface area contributed by atoms with Crippen LogP contribution >= 0.6 is 31.1 Å². The monoisotopic (exact) mass is 328 g/mol. The molecule has 0 aromatic rings. The van der Waals surface area contributed by atoms with E-state index in [0.29, 0.717) is 12.4 Å². The molecule has 0 aliphatic rings. The van der Waals surface area contributed by atoms with Crippen LogP contribution in [-0.2, 0) is 4.57 Å². The molecule has 0 radical (unpaired) electrons. The van der Waals surface area contributed by atoms with Gasteiger partial charge in [0.2, 0.25) is 0 Å². The van der Waals surface area contributed by atoms with Crippen molar-refractivity contribution < 1.29 is 4.57 Å². The molecule has 1 unspecified atom stereocenters. The first-order valence-electron chi connectivity index (χ1n) is 5.65. The third-order valence-corrected chi connectivity index (χ3v) is 6.10. The zero-order valence-corrected chi connectivity index (χ0v) is 12.6. The Balaban J connectivity index is 4.53. The SMILES string of the molecule is CCCC(I)C(CCC)(CCC)P=O. The van der Waals surface area contributed by atoms with Crippen molar-refractivity contribution in [1.29, 1.82) is 0 Å². The van der Waals surface area contributed by atoms with E-state index in [1.54, 1.807) is 0 Å². The molecule has 0 amide bonds. The standard InChI is InChI=1S/C11H22IOP/c1-4-7-10(12)11(14-13,8-5-2)9-6-3/h10H,4-9H2,1-3H3. The summed E-state index contributed by atoms with van der Waals surface area (Å²) in [4.78, 5) is 0. The average Bonchev–Trinajstić information content (AvgIpc) is 2.17. The van der Waals surface area contributed by atoms with Crippen LogP contribution < -0.4 is 0 Å². The summed E-state index contributed by atoms with van der Waals surface area (Å²) >= 11 is 2.50. The van der Waals surface area contributed by atoms with Gasteiger partial charge in [-0.2, -0.15) is 0 Å². The molecule has 0 bridgehead atoms. The summed E-state index contributed by atoms with van der Waals surface area (Å²) in [6.45, 7) is 6.58. The van der Waals surface area contributed by atoms with Crippen LogP contribution in [0.15, 0.2) is 0 Å². The van der Waals surface area contributed by atoms with Gasteiger partial charge in [0.25, 0.3) is 0 Å². The van der Waals surface area contributed by atoms with E-state index in [4.69, 9.17) is 0 Å². The summed E-state index contributed by atoms with van der Waals surface area (Å²) in [6, 6.07) is 0. The molecule has 1 nitrogen and oxygen atoms in total. The normalized spacial score (nSPS) is 14.6. The van der Waals surface area contributed by atoms with E-state index < -0.39 is 0 Å². The van der Waals surface area contributed by atoms with Gasteiger partial charge in [-0.25, -0.2) is 0 Å². The molecule has 0 aromatic carbocycles. The number of hydrogen-bond acceptors (Lipinski definition) is 1. The Morgan fingerprint density at radius 1 is 1.14 bits per heavy atom. The molecule has 1 atom stereocenters. The Morgan fingerprint density at radius 3 is 1.93 bits per heavy atom. The molecule has 0 aromatic heterocycles. The molecular formula is C11H22IOP. The van der Waals surface area contributed by atoms with Crippen molar-refractivity contribution in [3.8, 4) is 0 Å². The van der Waals surface area contributed by atoms with Crippen molar-refractivity contribution in [2.75, 3.05) is 0 Å². The van der Waals surface area contributed by atoms with Crippen LogP contribution in [0.1, 0.15) is 59.3 Å². The molecule has 3 heteroatoms. The van der Waals surface area contributed by atoms with Gasteiger partial charge in [-0.05, 0) is 19.3 Å². The van der Waals surface area contributed by atoms with Crippen LogP contribution in [0.25, 0.3) is 0 Å². The van der Waals surface area contributed by atoms with E-state index in [-0.39, 0.29) is 5.16 Å². The largest absolute Gasteiger partial charge is 0.274 e. The molecule has 0 aliphatic carbocycles. The van der Waals surface area contributed by atoms with Crippen molar-refractivity contribution in [2.24, 2.45) is 0 Å². The highest BCUT2D eigenvalue weighted by atomic mass is 127. The molecule has 0 rings (SSSR count). The fourth-order valence-corrected chi connectivity index (χ4v) is 4.43. The lowest BCUT2D eigenvalue weighted by Crippen LogP contribution is -2.32. The third kappa shape index (κ3) is 4.14. The molecule has 0 spiro atoms. The molecule has 0 aliphatic heterocycles. The summed E-state index contributed by atoms with van der Waals surface area (Å²) in [7, 11) is 0.361. The second-order valence-electron chi connectivity index (χ2n) is 3.95. The van der Waals surface area contributed by atoms with Crippen molar-refractivity contribution in [3.05, 3.63) is 0 Å². The van der Waals surface area contributed by atoms with E-state index in [9.17, 15) is 4.57 Å². The molecule has 0 heterocycles. The second-order valence-corrected chi connectivity index (χ2v) is 6.53. The minimum absolute atomic E-state index is 0.0556. The molecule has 0 saturated carbocycles. The van der Waals surface area contributed by atoms with E-state index in [1.807, 2.05) is 0 Å². The van der Waals surface area contributed by atoms with Gasteiger partial charge < -0.3 is 0 Å².